The van der Waals surface area contributed by atoms with Crippen LogP contribution in [-0.4, -0.2) is 12.4 Å². The van der Waals surface area contributed by atoms with Crippen molar-refractivity contribution in [1.82, 2.24) is 0 Å². The molecule has 1 aromatic rings. The number of thiol groups is 1. The van der Waals surface area contributed by atoms with Crippen LogP contribution in [0.1, 0.15) is 52.7 Å². The number of ether oxygens (including phenoxy) is 1. The Balaban J connectivity index is 3.00. The highest BCUT2D eigenvalue weighted by Crippen LogP contribution is 2.33. The van der Waals surface area contributed by atoms with Crippen molar-refractivity contribution in [1.29, 1.82) is 0 Å². The minimum atomic E-state index is 0.0989. The second kappa shape index (κ2) is 6.21. The fourth-order valence-corrected chi connectivity index (χ4v) is 1.92. The fraction of sp³-hybridized carbons (Fsp3) is 0.647. The Kier molecular flexibility index (Phi) is 5.37. The highest BCUT2D eigenvalue weighted by atomic mass is 32.1. The van der Waals surface area contributed by atoms with E-state index in [0.29, 0.717) is 6.61 Å². The molecule has 1 nitrogen and oxygen atoms in total. The third-order valence-electron chi connectivity index (χ3n) is 3.31. The molecule has 0 aliphatic rings. The molecule has 0 aliphatic carbocycles. The van der Waals surface area contributed by atoms with Crippen LogP contribution in [0, 0.1) is 5.41 Å². The van der Waals surface area contributed by atoms with E-state index in [1.54, 1.807) is 0 Å². The molecule has 0 spiro atoms. The van der Waals surface area contributed by atoms with Gasteiger partial charge < -0.3 is 4.74 Å². The molecule has 0 bridgehead atoms. The van der Waals surface area contributed by atoms with Gasteiger partial charge in [-0.1, -0.05) is 53.7 Å². The van der Waals surface area contributed by atoms with E-state index in [9.17, 15) is 0 Å². The molecular weight excluding hydrogens is 252 g/mol. The molecule has 2 heteroatoms. The SMILES string of the molecule is CCc1ccc(OCC(C)(C)CS)c(C(C)(C)C)c1. The van der Waals surface area contributed by atoms with Gasteiger partial charge in [-0.2, -0.15) is 12.6 Å². The van der Waals surface area contributed by atoms with Gasteiger partial charge in [0.15, 0.2) is 0 Å². The van der Waals surface area contributed by atoms with Crippen molar-refractivity contribution in [3.8, 4) is 5.75 Å². The Labute approximate surface area is 124 Å². The van der Waals surface area contributed by atoms with Gasteiger partial charge in [-0.25, -0.2) is 0 Å². The van der Waals surface area contributed by atoms with Gasteiger partial charge in [0.2, 0.25) is 0 Å². The van der Waals surface area contributed by atoms with Crippen LogP contribution in [0.5, 0.6) is 5.75 Å². The van der Waals surface area contributed by atoms with Crippen LogP contribution in [0.15, 0.2) is 18.2 Å². The Bertz CT molecular complexity index is 416. The average molecular weight is 280 g/mol. The largest absolute Gasteiger partial charge is 0.493 e. The lowest BCUT2D eigenvalue weighted by Gasteiger charge is -2.27. The first-order chi connectivity index (χ1) is 8.69. The van der Waals surface area contributed by atoms with E-state index in [1.807, 2.05) is 0 Å². The van der Waals surface area contributed by atoms with E-state index in [1.165, 1.54) is 11.1 Å². The van der Waals surface area contributed by atoms with Crippen LogP contribution in [0.25, 0.3) is 0 Å². The summed E-state index contributed by atoms with van der Waals surface area (Å²) in [5, 5.41) is 0. The van der Waals surface area contributed by atoms with E-state index in [-0.39, 0.29) is 10.8 Å². The van der Waals surface area contributed by atoms with Gasteiger partial charge >= 0.3 is 0 Å². The van der Waals surface area contributed by atoms with Gasteiger partial charge in [0.25, 0.3) is 0 Å². The second-order valence-corrected chi connectivity index (χ2v) is 7.36. The monoisotopic (exact) mass is 280 g/mol. The lowest BCUT2D eigenvalue weighted by Crippen LogP contribution is -2.24. The number of benzene rings is 1. The molecule has 0 heterocycles. The van der Waals surface area contributed by atoms with Gasteiger partial charge in [-0.3, -0.25) is 0 Å². The third-order valence-corrected chi connectivity index (χ3v) is 4.16. The summed E-state index contributed by atoms with van der Waals surface area (Å²) in [4.78, 5) is 0. The zero-order valence-corrected chi connectivity index (χ0v) is 14.1. The molecule has 0 aliphatic heterocycles. The Morgan fingerprint density at radius 2 is 1.74 bits per heavy atom. The third kappa shape index (κ3) is 4.76. The van der Waals surface area contributed by atoms with E-state index in [4.69, 9.17) is 4.74 Å². The van der Waals surface area contributed by atoms with Crippen molar-refractivity contribution in [2.75, 3.05) is 12.4 Å². The Morgan fingerprint density at radius 1 is 1.11 bits per heavy atom. The van der Waals surface area contributed by atoms with Crippen molar-refractivity contribution < 1.29 is 4.74 Å². The summed E-state index contributed by atoms with van der Waals surface area (Å²) in [5.41, 5.74) is 2.86. The molecule has 108 valence electrons. The Hall–Kier alpha value is -0.630. The first-order valence-electron chi connectivity index (χ1n) is 7.06. The summed E-state index contributed by atoms with van der Waals surface area (Å²) in [5.74, 6) is 1.84. The molecule has 1 rings (SSSR count). The van der Waals surface area contributed by atoms with Crippen molar-refractivity contribution in [3.05, 3.63) is 29.3 Å². The van der Waals surface area contributed by atoms with E-state index in [0.717, 1.165) is 17.9 Å². The van der Waals surface area contributed by atoms with E-state index < -0.39 is 0 Å². The normalized spacial score (nSPS) is 12.6. The maximum absolute atomic E-state index is 6.07. The quantitative estimate of drug-likeness (QED) is 0.756. The van der Waals surface area contributed by atoms with Gasteiger partial charge in [0, 0.05) is 5.41 Å². The minimum absolute atomic E-state index is 0.0989. The highest BCUT2D eigenvalue weighted by Gasteiger charge is 2.22. The van der Waals surface area contributed by atoms with Crippen molar-refractivity contribution in [2.45, 2.75) is 53.4 Å². The van der Waals surface area contributed by atoms with Gasteiger partial charge in [-0.15, -0.1) is 0 Å². The molecule has 0 saturated carbocycles. The average Bonchev–Trinajstić information content (AvgIpc) is 2.35. The molecular formula is C17H28OS. The summed E-state index contributed by atoms with van der Waals surface area (Å²) in [6.45, 7) is 13.9. The van der Waals surface area contributed by atoms with Crippen molar-refractivity contribution in [3.63, 3.8) is 0 Å². The fourth-order valence-electron chi connectivity index (χ4n) is 1.83. The van der Waals surface area contributed by atoms with Gasteiger partial charge in [0.05, 0.1) is 6.61 Å². The zero-order valence-electron chi connectivity index (χ0n) is 13.2. The maximum atomic E-state index is 6.07. The number of hydrogen-bond acceptors (Lipinski definition) is 2. The van der Waals surface area contributed by atoms with Crippen molar-refractivity contribution >= 4 is 12.6 Å². The number of aryl methyl sites for hydroxylation is 1. The van der Waals surface area contributed by atoms with Crippen LogP contribution in [0.2, 0.25) is 0 Å². The summed E-state index contributed by atoms with van der Waals surface area (Å²) < 4.78 is 6.07. The topological polar surface area (TPSA) is 9.23 Å². The number of hydrogen-bond donors (Lipinski definition) is 1. The lowest BCUT2D eigenvalue weighted by atomic mass is 9.85. The molecule has 0 aromatic heterocycles. The van der Waals surface area contributed by atoms with Crippen LogP contribution in [0.4, 0.5) is 0 Å². The molecule has 1 aromatic carbocycles. The summed E-state index contributed by atoms with van der Waals surface area (Å²) in [7, 11) is 0. The molecule has 0 amide bonds. The molecule has 0 atom stereocenters. The summed E-state index contributed by atoms with van der Waals surface area (Å²) >= 11 is 4.38. The highest BCUT2D eigenvalue weighted by molar-refractivity contribution is 7.80. The van der Waals surface area contributed by atoms with Crippen LogP contribution in [-0.2, 0) is 11.8 Å². The first kappa shape index (κ1) is 16.4. The van der Waals surface area contributed by atoms with E-state index in [2.05, 4.69) is 72.4 Å². The van der Waals surface area contributed by atoms with Crippen LogP contribution < -0.4 is 4.74 Å². The van der Waals surface area contributed by atoms with Gasteiger partial charge in [0.1, 0.15) is 5.75 Å². The van der Waals surface area contributed by atoms with Crippen LogP contribution in [0.3, 0.4) is 0 Å². The van der Waals surface area contributed by atoms with Gasteiger partial charge in [-0.05, 0) is 34.8 Å². The number of rotatable bonds is 5. The standard InChI is InChI=1S/C17H28OS/c1-7-13-8-9-15(14(10-13)16(2,3)4)18-11-17(5,6)12-19/h8-10,19H,7,11-12H2,1-6H3. The molecule has 19 heavy (non-hydrogen) atoms. The van der Waals surface area contributed by atoms with Crippen molar-refractivity contribution in [2.24, 2.45) is 5.41 Å². The van der Waals surface area contributed by atoms with Crippen LogP contribution >= 0.6 is 12.6 Å². The summed E-state index contributed by atoms with van der Waals surface area (Å²) in [6.07, 6.45) is 1.06. The maximum Gasteiger partial charge on any atom is 0.123 e. The minimum Gasteiger partial charge on any atom is -0.493 e. The molecule has 0 N–H and O–H groups in total. The Morgan fingerprint density at radius 3 is 2.21 bits per heavy atom. The smallest absolute Gasteiger partial charge is 0.123 e. The molecule has 0 radical (unpaired) electrons. The molecule has 0 fully saturated rings. The molecule has 0 saturated heterocycles. The lowest BCUT2D eigenvalue weighted by molar-refractivity contribution is 0.198. The first-order valence-corrected chi connectivity index (χ1v) is 7.70. The predicted octanol–water partition coefficient (Wildman–Crippen LogP) is 4.88. The van der Waals surface area contributed by atoms with E-state index >= 15 is 0 Å². The molecule has 0 unspecified atom stereocenters. The zero-order chi connectivity index (χ0) is 14.7. The summed E-state index contributed by atoms with van der Waals surface area (Å²) in [6, 6.07) is 6.56. The second-order valence-electron chi connectivity index (χ2n) is 7.05. The predicted molar refractivity (Wildman–Crippen MR) is 87.6 cm³/mol.